The molecule has 2 heterocycles. The number of ether oxygens (including phenoxy) is 1. The molecular weight excluding hydrogens is 447 g/mol. The van der Waals surface area contributed by atoms with E-state index in [-0.39, 0.29) is 27.2 Å². The monoisotopic (exact) mass is 460 g/mol. The topological polar surface area (TPSA) is 101 Å². The average Bonchev–Trinajstić information content (AvgIpc) is 3.15. The minimum atomic E-state index is -1.32. The quantitative estimate of drug-likeness (QED) is 0.460. The summed E-state index contributed by atoms with van der Waals surface area (Å²) in [7, 11) is 0. The average molecular weight is 461 g/mol. The summed E-state index contributed by atoms with van der Waals surface area (Å²) in [4.78, 5) is 39.1. The Hall–Kier alpha value is -3.43. The molecule has 0 saturated heterocycles. The minimum Gasteiger partial charge on any atom is -0.486 e. The molecule has 0 aliphatic heterocycles. The molecule has 1 atom stereocenters. The third-order valence-corrected chi connectivity index (χ3v) is 5.97. The highest BCUT2D eigenvalue weighted by Crippen LogP contribution is 2.29. The van der Waals surface area contributed by atoms with E-state index < -0.39 is 29.1 Å². The summed E-state index contributed by atoms with van der Waals surface area (Å²) < 4.78 is 21.0. The second-order valence-electron chi connectivity index (χ2n) is 6.62. The van der Waals surface area contributed by atoms with Crippen LogP contribution >= 0.6 is 22.9 Å². The van der Waals surface area contributed by atoms with Crippen LogP contribution in [0.15, 0.2) is 57.4 Å². The fraction of sp³-hybridized carbons (Fsp3) is 0.0952. The Bertz CT molecular complexity index is 1440. The number of aromatic amines is 1. The molecule has 4 aromatic rings. The van der Waals surface area contributed by atoms with Crippen molar-refractivity contribution in [2.75, 3.05) is 0 Å². The van der Waals surface area contributed by atoms with Gasteiger partial charge in [-0.05, 0) is 25.1 Å². The molecule has 2 N–H and O–H groups in total. The molecule has 1 unspecified atom stereocenters. The number of aromatic carboxylic acids is 1. The SMILES string of the molecule is CC(Oc1ccc(F)c(-n2c(=O)[nH]c3csc(C(=O)O)c3c2=O)c1)c1ccccc1Cl. The summed E-state index contributed by atoms with van der Waals surface area (Å²) in [6.07, 6.45) is -0.500. The molecule has 0 radical (unpaired) electrons. The summed E-state index contributed by atoms with van der Waals surface area (Å²) in [5, 5.41) is 11.0. The molecule has 0 fully saturated rings. The van der Waals surface area contributed by atoms with Gasteiger partial charge in [0.15, 0.2) is 0 Å². The number of nitrogens with zero attached hydrogens (tertiary/aromatic N) is 1. The van der Waals surface area contributed by atoms with Crippen LogP contribution in [0, 0.1) is 5.82 Å². The first-order valence-corrected chi connectivity index (χ1v) is 10.2. The van der Waals surface area contributed by atoms with Crippen LogP contribution in [-0.2, 0) is 0 Å². The molecule has 0 aliphatic rings. The number of carboxylic acid groups (broad SMARTS) is 1. The molecule has 2 aromatic heterocycles. The van der Waals surface area contributed by atoms with Crippen molar-refractivity contribution in [3.8, 4) is 11.4 Å². The van der Waals surface area contributed by atoms with Crippen molar-refractivity contribution in [2.24, 2.45) is 0 Å². The zero-order chi connectivity index (χ0) is 22.3. The molecule has 4 rings (SSSR count). The number of carbonyl (C=O) groups is 1. The van der Waals surface area contributed by atoms with Crippen molar-refractivity contribution in [1.82, 2.24) is 9.55 Å². The number of carboxylic acids is 1. The smallest absolute Gasteiger partial charge is 0.346 e. The van der Waals surface area contributed by atoms with E-state index in [4.69, 9.17) is 16.3 Å². The number of aromatic nitrogens is 2. The summed E-state index contributed by atoms with van der Waals surface area (Å²) in [5.41, 5.74) is -1.42. The van der Waals surface area contributed by atoms with E-state index >= 15 is 0 Å². The number of hydrogen-bond acceptors (Lipinski definition) is 5. The summed E-state index contributed by atoms with van der Waals surface area (Å²) >= 11 is 6.98. The number of rotatable bonds is 5. The predicted octanol–water partition coefficient (Wildman–Crippen LogP) is 4.37. The van der Waals surface area contributed by atoms with Gasteiger partial charge in [-0.25, -0.2) is 18.5 Å². The second-order valence-corrected chi connectivity index (χ2v) is 7.91. The first-order chi connectivity index (χ1) is 14.8. The molecule has 0 saturated carbocycles. The maximum absolute atomic E-state index is 14.6. The number of fused-ring (bicyclic) bond motifs is 1. The summed E-state index contributed by atoms with van der Waals surface area (Å²) in [6, 6.07) is 10.7. The normalized spacial score (nSPS) is 12.1. The second kappa shape index (κ2) is 8.01. The maximum atomic E-state index is 14.6. The molecular formula is C21H14ClFN2O5S. The summed E-state index contributed by atoms with van der Waals surface area (Å²) in [6.45, 7) is 1.75. The largest absolute Gasteiger partial charge is 0.486 e. The number of thiophene rings is 1. The Kier molecular flexibility index (Phi) is 5.38. The van der Waals surface area contributed by atoms with Crippen LogP contribution in [0.25, 0.3) is 16.6 Å². The minimum absolute atomic E-state index is 0.0776. The lowest BCUT2D eigenvalue weighted by Gasteiger charge is -2.17. The number of benzene rings is 2. The van der Waals surface area contributed by atoms with Crippen molar-refractivity contribution in [3.63, 3.8) is 0 Å². The first-order valence-electron chi connectivity index (χ1n) is 8.98. The van der Waals surface area contributed by atoms with Gasteiger partial charge in [-0.2, -0.15) is 0 Å². The van der Waals surface area contributed by atoms with Gasteiger partial charge in [0, 0.05) is 22.0 Å². The van der Waals surface area contributed by atoms with Crippen molar-refractivity contribution in [2.45, 2.75) is 13.0 Å². The standard InChI is InChI=1S/C21H14ClFN2O5S/c1-10(12-4-2-3-5-13(12)22)30-11-6-7-14(23)16(8-11)25-19(26)17-15(24-21(25)29)9-31-18(17)20(27)28/h2-10H,1H3,(H,24,29)(H,27,28). The van der Waals surface area contributed by atoms with Crippen LogP contribution < -0.4 is 16.0 Å². The lowest BCUT2D eigenvalue weighted by Crippen LogP contribution is -2.34. The Morgan fingerprint density at radius 1 is 1.26 bits per heavy atom. The van der Waals surface area contributed by atoms with E-state index in [9.17, 15) is 23.9 Å². The molecule has 2 aromatic carbocycles. The highest BCUT2D eigenvalue weighted by molar-refractivity contribution is 7.13. The van der Waals surface area contributed by atoms with Crippen LogP contribution in [0.2, 0.25) is 5.02 Å². The molecule has 0 bridgehead atoms. The van der Waals surface area contributed by atoms with Gasteiger partial charge in [0.1, 0.15) is 22.5 Å². The van der Waals surface area contributed by atoms with Crippen molar-refractivity contribution in [1.29, 1.82) is 0 Å². The molecule has 0 amide bonds. The van der Waals surface area contributed by atoms with Crippen molar-refractivity contribution < 1.29 is 19.0 Å². The van der Waals surface area contributed by atoms with Gasteiger partial charge in [-0.15, -0.1) is 11.3 Å². The van der Waals surface area contributed by atoms with Crippen LogP contribution in [0.3, 0.4) is 0 Å². The van der Waals surface area contributed by atoms with E-state index in [0.29, 0.717) is 15.2 Å². The van der Waals surface area contributed by atoms with Crippen LogP contribution in [0.1, 0.15) is 28.3 Å². The third-order valence-electron chi connectivity index (χ3n) is 4.66. The number of H-pyrrole nitrogens is 1. The van der Waals surface area contributed by atoms with Gasteiger partial charge >= 0.3 is 11.7 Å². The fourth-order valence-electron chi connectivity index (χ4n) is 3.22. The lowest BCUT2D eigenvalue weighted by atomic mass is 10.1. The molecule has 158 valence electrons. The molecule has 31 heavy (non-hydrogen) atoms. The Morgan fingerprint density at radius 3 is 2.71 bits per heavy atom. The first kappa shape index (κ1) is 20.8. The van der Waals surface area contributed by atoms with E-state index in [1.54, 1.807) is 31.2 Å². The van der Waals surface area contributed by atoms with Gasteiger partial charge in [0.05, 0.1) is 16.6 Å². The number of nitrogens with one attached hydrogen (secondary N) is 1. The van der Waals surface area contributed by atoms with Gasteiger partial charge in [0.2, 0.25) is 0 Å². The highest BCUT2D eigenvalue weighted by Gasteiger charge is 2.21. The zero-order valence-corrected chi connectivity index (χ0v) is 17.5. The van der Waals surface area contributed by atoms with Gasteiger partial charge in [-0.1, -0.05) is 29.8 Å². The maximum Gasteiger partial charge on any atom is 0.346 e. The van der Waals surface area contributed by atoms with Crippen LogP contribution in [0.4, 0.5) is 4.39 Å². The van der Waals surface area contributed by atoms with E-state index in [2.05, 4.69) is 4.98 Å². The fourth-order valence-corrected chi connectivity index (χ4v) is 4.34. The zero-order valence-electron chi connectivity index (χ0n) is 15.9. The summed E-state index contributed by atoms with van der Waals surface area (Å²) in [5.74, 6) is -1.97. The van der Waals surface area contributed by atoms with Crippen LogP contribution in [-0.4, -0.2) is 20.6 Å². The Labute approximate surface area is 182 Å². The van der Waals surface area contributed by atoms with E-state index in [1.807, 2.05) is 0 Å². The molecule has 7 nitrogen and oxygen atoms in total. The van der Waals surface area contributed by atoms with Crippen LogP contribution in [0.5, 0.6) is 5.75 Å². The lowest BCUT2D eigenvalue weighted by molar-refractivity contribution is 0.0704. The Morgan fingerprint density at radius 2 is 2.00 bits per heavy atom. The van der Waals surface area contributed by atoms with E-state index in [0.717, 1.165) is 17.4 Å². The van der Waals surface area contributed by atoms with Crippen molar-refractivity contribution in [3.05, 3.63) is 90.0 Å². The van der Waals surface area contributed by atoms with Gasteiger partial charge in [-0.3, -0.25) is 4.79 Å². The highest BCUT2D eigenvalue weighted by atomic mass is 35.5. The molecule has 0 aliphatic carbocycles. The van der Waals surface area contributed by atoms with Gasteiger partial charge in [0.25, 0.3) is 5.56 Å². The Balaban J connectivity index is 1.83. The van der Waals surface area contributed by atoms with Gasteiger partial charge < -0.3 is 14.8 Å². The number of hydrogen-bond donors (Lipinski definition) is 2. The van der Waals surface area contributed by atoms with Crippen molar-refractivity contribution >= 4 is 39.8 Å². The van der Waals surface area contributed by atoms with E-state index in [1.165, 1.54) is 17.5 Å². The molecule has 10 heteroatoms. The molecule has 0 spiro atoms. The number of halogens is 2. The predicted molar refractivity (Wildman–Crippen MR) is 115 cm³/mol. The third kappa shape index (κ3) is 3.73.